The maximum atomic E-state index is 13.0. The number of hydrogen-bond donors (Lipinski definition) is 0. The van der Waals surface area contributed by atoms with E-state index in [1.165, 1.54) is 0 Å². The molecule has 0 atom stereocenters. The Bertz CT molecular complexity index is 1140. The molecule has 0 aliphatic rings. The van der Waals surface area contributed by atoms with Crippen molar-refractivity contribution < 1.29 is 13.9 Å². The zero-order valence-corrected chi connectivity index (χ0v) is 13.8. The van der Waals surface area contributed by atoms with Gasteiger partial charge in [-0.1, -0.05) is 0 Å². The average Bonchev–Trinajstić information content (AvgIpc) is 3.00. The van der Waals surface area contributed by atoms with Gasteiger partial charge in [-0.3, -0.25) is 4.79 Å². The van der Waals surface area contributed by atoms with E-state index in [0.29, 0.717) is 34.6 Å². The molecule has 5 heteroatoms. The number of benzene rings is 2. The number of aromatic nitrogens is 1. The topological polar surface area (TPSA) is 53.6 Å². The first-order valence-electron chi connectivity index (χ1n) is 7.78. The van der Waals surface area contributed by atoms with Gasteiger partial charge < -0.3 is 18.5 Å². The van der Waals surface area contributed by atoms with Crippen molar-refractivity contribution in [1.29, 1.82) is 0 Å². The van der Waals surface area contributed by atoms with Crippen molar-refractivity contribution in [3.05, 3.63) is 46.8 Å². The molecule has 0 spiro atoms. The Morgan fingerprint density at radius 3 is 2.33 bits per heavy atom. The van der Waals surface area contributed by atoms with Crippen molar-refractivity contribution in [3.8, 4) is 11.5 Å². The Balaban J connectivity index is 2.24. The lowest BCUT2D eigenvalue weighted by Gasteiger charge is -2.10. The standard InChI is InChI=1S/C19H17NO4/c1-4-20-15-9-11(22-2)5-7-13(15)18-17(19(20)21)14-8-6-12(23-3)10-16(14)24-18/h5-10H,4H2,1-3H3. The molecule has 0 unspecified atom stereocenters. The van der Waals surface area contributed by atoms with Crippen molar-refractivity contribution in [2.45, 2.75) is 13.5 Å². The third kappa shape index (κ3) is 1.91. The van der Waals surface area contributed by atoms with E-state index < -0.39 is 0 Å². The highest BCUT2D eigenvalue weighted by atomic mass is 16.5. The second-order valence-electron chi connectivity index (χ2n) is 5.60. The van der Waals surface area contributed by atoms with Gasteiger partial charge in [0.1, 0.15) is 22.7 Å². The average molecular weight is 323 g/mol. The van der Waals surface area contributed by atoms with Crippen LogP contribution in [0.1, 0.15) is 6.92 Å². The normalized spacial score (nSPS) is 11.5. The molecular formula is C19H17NO4. The fraction of sp³-hybridized carbons (Fsp3) is 0.211. The predicted octanol–water partition coefficient (Wildman–Crippen LogP) is 3.94. The van der Waals surface area contributed by atoms with Crippen LogP contribution in [0.25, 0.3) is 32.8 Å². The van der Waals surface area contributed by atoms with E-state index in [9.17, 15) is 4.79 Å². The number of methoxy groups -OCH3 is 2. The minimum atomic E-state index is -0.0582. The summed E-state index contributed by atoms with van der Waals surface area (Å²) in [6.45, 7) is 2.53. The van der Waals surface area contributed by atoms with Crippen LogP contribution >= 0.6 is 0 Å². The van der Waals surface area contributed by atoms with E-state index in [0.717, 1.165) is 16.3 Å². The number of rotatable bonds is 3. The molecule has 122 valence electrons. The van der Waals surface area contributed by atoms with Crippen LogP contribution in [0.5, 0.6) is 11.5 Å². The Hall–Kier alpha value is -2.95. The van der Waals surface area contributed by atoms with E-state index in [1.807, 2.05) is 37.3 Å². The molecule has 2 heterocycles. The van der Waals surface area contributed by atoms with Crippen molar-refractivity contribution in [2.24, 2.45) is 0 Å². The maximum Gasteiger partial charge on any atom is 0.262 e. The van der Waals surface area contributed by atoms with E-state index in [1.54, 1.807) is 24.9 Å². The first-order chi connectivity index (χ1) is 11.7. The van der Waals surface area contributed by atoms with Crippen LogP contribution in [0.2, 0.25) is 0 Å². The fourth-order valence-electron chi connectivity index (χ4n) is 3.22. The molecule has 0 bridgehead atoms. The highest BCUT2D eigenvalue weighted by Crippen LogP contribution is 2.34. The van der Waals surface area contributed by atoms with E-state index in [2.05, 4.69) is 0 Å². The summed E-state index contributed by atoms with van der Waals surface area (Å²) in [6, 6.07) is 11.2. The van der Waals surface area contributed by atoms with Crippen molar-refractivity contribution in [2.75, 3.05) is 14.2 Å². The van der Waals surface area contributed by atoms with Gasteiger partial charge in [-0.25, -0.2) is 0 Å². The van der Waals surface area contributed by atoms with Crippen LogP contribution in [0.4, 0.5) is 0 Å². The summed E-state index contributed by atoms with van der Waals surface area (Å²) in [5.41, 5.74) is 2.00. The van der Waals surface area contributed by atoms with Gasteiger partial charge in [-0.15, -0.1) is 0 Å². The van der Waals surface area contributed by atoms with Crippen LogP contribution in [-0.4, -0.2) is 18.8 Å². The minimum Gasteiger partial charge on any atom is -0.497 e. The molecule has 2 aromatic heterocycles. The third-order valence-corrected chi connectivity index (χ3v) is 4.41. The van der Waals surface area contributed by atoms with E-state index >= 15 is 0 Å². The number of hydrogen-bond acceptors (Lipinski definition) is 4. The zero-order valence-electron chi connectivity index (χ0n) is 13.8. The molecule has 0 aliphatic carbocycles. The lowest BCUT2D eigenvalue weighted by Crippen LogP contribution is -2.19. The molecular weight excluding hydrogens is 306 g/mol. The molecule has 0 aliphatic heterocycles. The monoisotopic (exact) mass is 323 g/mol. The molecule has 4 rings (SSSR count). The summed E-state index contributed by atoms with van der Waals surface area (Å²) < 4.78 is 18.3. The first kappa shape index (κ1) is 14.6. The highest BCUT2D eigenvalue weighted by molar-refractivity contribution is 6.14. The van der Waals surface area contributed by atoms with Gasteiger partial charge in [-0.2, -0.15) is 0 Å². The van der Waals surface area contributed by atoms with Gasteiger partial charge in [0, 0.05) is 29.4 Å². The molecule has 0 radical (unpaired) electrons. The van der Waals surface area contributed by atoms with Crippen molar-refractivity contribution >= 4 is 32.8 Å². The predicted molar refractivity (Wildman–Crippen MR) is 94.3 cm³/mol. The largest absolute Gasteiger partial charge is 0.497 e. The highest BCUT2D eigenvalue weighted by Gasteiger charge is 2.18. The third-order valence-electron chi connectivity index (χ3n) is 4.41. The van der Waals surface area contributed by atoms with Crippen molar-refractivity contribution in [1.82, 2.24) is 4.57 Å². The Morgan fingerprint density at radius 2 is 1.67 bits per heavy atom. The molecule has 0 saturated carbocycles. The van der Waals surface area contributed by atoms with Gasteiger partial charge in [0.05, 0.1) is 25.1 Å². The van der Waals surface area contributed by atoms with E-state index in [-0.39, 0.29) is 5.56 Å². The molecule has 0 saturated heterocycles. The molecule has 2 aromatic carbocycles. The molecule has 0 amide bonds. The molecule has 0 fully saturated rings. The van der Waals surface area contributed by atoms with Crippen molar-refractivity contribution in [3.63, 3.8) is 0 Å². The number of ether oxygens (including phenoxy) is 2. The fourth-order valence-corrected chi connectivity index (χ4v) is 3.22. The first-order valence-corrected chi connectivity index (χ1v) is 7.78. The Labute approximate surface area is 138 Å². The quantitative estimate of drug-likeness (QED) is 0.573. The summed E-state index contributed by atoms with van der Waals surface area (Å²) >= 11 is 0. The Morgan fingerprint density at radius 1 is 1.00 bits per heavy atom. The number of pyridine rings is 1. The molecule has 5 nitrogen and oxygen atoms in total. The maximum absolute atomic E-state index is 13.0. The number of nitrogens with zero attached hydrogens (tertiary/aromatic N) is 1. The van der Waals surface area contributed by atoms with Gasteiger partial charge in [-0.05, 0) is 31.2 Å². The number of aryl methyl sites for hydroxylation is 1. The SMILES string of the molecule is CCn1c(=O)c2c3ccc(OC)cc3oc2c2ccc(OC)cc21. The van der Waals surface area contributed by atoms with Crippen LogP contribution in [0, 0.1) is 0 Å². The number of furan rings is 1. The summed E-state index contributed by atoms with van der Waals surface area (Å²) in [4.78, 5) is 13.0. The summed E-state index contributed by atoms with van der Waals surface area (Å²) in [5.74, 6) is 1.41. The Kier molecular flexibility index (Phi) is 3.23. The molecule has 0 N–H and O–H groups in total. The van der Waals surface area contributed by atoms with Gasteiger partial charge >= 0.3 is 0 Å². The minimum absolute atomic E-state index is 0.0582. The second-order valence-corrected chi connectivity index (χ2v) is 5.60. The van der Waals surface area contributed by atoms with Crippen LogP contribution < -0.4 is 15.0 Å². The lowest BCUT2D eigenvalue weighted by molar-refractivity contribution is 0.414. The van der Waals surface area contributed by atoms with Gasteiger partial charge in [0.25, 0.3) is 5.56 Å². The second kappa shape index (κ2) is 5.30. The molecule has 24 heavy (non-hydrogen) atoms. The van der Waals surface area contributed by atoms with Crippen LogP contribution in [0.3, 0.4) is 0 Å². The summed E-state index contributed by atoms with van der Waals surface area (Å²) in [5, 5.41) is 2.30. The van der Waals surface area contributed by atoms with Gasteiger partial charge in [0.15, 0.2) is 0 Å². The number of fused-ring (bicyclic) bond motifs is 5. The summed E-state index contributed by atoms with van der Waals surface area (Å²) in [7, 11) is 3.22. The summed E-state index contributed by atoms with van der Waals surface area (Å²) in [6.07, 6.45) is 0. The van der Waals surface area contributed by atoms with E-state index in [4.69, 9.17) is 13.9 Å². The lowest BCUT2D eigenvalue weighted by atomic mass is 10.1. The molecule has 4 aromatic rings. The zero-order chi connectivity index (χ0) is 16.8. The van der Waals surface area contributed by atoms with Crippen LogP contribution in [-0.2, 0) is 6.54 Å². The van der Waals surface area contributed by atoms with Crippen LogP contribution in [0.15, 0.2) is 45.6 Å². The smallest absolute Gasteiger partial charge is 0.262 e. The van der Waals surface area contributed by atoms with Gasteiger partial charge in [0.2, 0.25) is 0 Å².